The molecule has 1 aliphatic rings. The molecule has 108 valence electrons. The smallest absolute Gasteiger partial charge is 0.319 e. The second-order valence-electron chi connectivity index (χ2n) is 5.27. The van der Waals surface area contributed by atoms with Crippen LogP contribution in [0.25, 0.3) is 0 Å². The van der Waals surface area contributed by atoms with Crippen molar-refractivity contribution in [2.24, 2.45) is 5.73 Å². The summed E-state index contributed by atoms with van der Waals surface area (Å²) in [7, 11) is 0. The third-order valence-corrected chi connectivity index (χ3v) is 3.53. The van der Waals surface area contributed by atoms with Gasteiger partial charge in [-0.1, -0.05) is 31.4 Å². The summed E-state index contributed by atoms with van der Waals surface area (Å²) in [5.41, 5.74) is 6.69. The molecular weight excluding hydrogens is 254 g/mol. The van der Waals surface area contributed by atoms with E-state index in [2.05, 4.69) is 10.6 Å². The van der Waals surface area contributed by atoms with Gasteiger partial charge in [0.25, 0.3) is 0 Å². The van der Waals surface area contributed by atoms with E-state index in [0.29, 0.717) is 5.69 Å². The zero-order chi connectivity index (χ0) is 14.4. The van der Waals surface area contributed by atoms with E-state index in [9.17, 15) is 9.59 Å². The molecule has 2 rings (SSSR count). The quantitative estimate of drug-likeness (QED) is 0.786. The van der Waals surface area contributed by atoms with E-state index in [0.717, 1.165) is 18.4 Å². The third-order valence-electron chi connectivity index (χ3n) is 3.53. The molecule has 0 aromatic heterocycles. The van der Waals surface area contributed by atoms with Crippen LogP contribution in [0.3, 0.4) is 0 Å². The number of rotatable bonds is 4. The number of carbonyl (C=O) groups excluding carboxylic acids is 2. The van der Waals surface area contributed by atoms with Crippen molar-refractivity contribution in [2.75, 3.05) is 5.32 Å². The van der Waals surface area contributed by atoms with Crippen molar-refractivity contribution in [3.63, 3.8) is 0 Å². The number of primary amides is 1. The van der Waals surface area contributed by atoms with Gasteiger partial charge in [0, 0.05) is 11.7 Å². The highest BCUT2D eigenvalue weighted by molar-refractivity contribution is 5.89. The maximum Gasteiger partial charge on any atom is 0.319 e. The minimum absolute atomic E-state index is 0.167. The maximum atomic E-state index is 11.8. The Balaban J connectivity index is 1.82. The normalized spacial score (nSPS) is 15.6. The highest BCUT2D eigenvalue weighted by Crippen LogP contribution is 2.17. The number of amides is 3. The molecule has 1 saturated carbocycles. The number of benzene rings is 1. The Bertz CT molecular complexity index is 465. The van der Waals surface area contributed by atoms with E-state index in [4.69, 9.17) is 5.73 Å². The van der Waals surface area contributed by atoms with Crippen molar-refractivity contribution in [2.45, 2.75) is 44.6 Å². The first-order valence-corrected chi connectivity index (χ1v) is 7.08. The molecule has 1 aromatic rings. The van der Waals surface area contributed by atoms with Crippen LogP contribution in [0.1, 0.15) is 37.7 Å². The van der Waals surface area contributed by atoms with Crippen LogP contribution in [0.4, 0.5) is 10.5 Å². The summed E-state index contributed by atoms with van der Waals surface area (Å²) in [4.78, 5) is 22.6. The van der Waals surface area contributed by atoms with E-state index >= 15 is 0 Å². The van der Waals surface area contributed by atoms with E-state index in [1.165, 1.54) is 19.3 Å². The largest absolute Gasteiger partial charge is 0.369 e. The minimum Gasteiger partial charge on any atom is -0.369 e. The summed E-state index contributed by atoms with van der Waals surface area (Å²) in [6, 6.07) is 7.26. The van der Waals surface area contributed by atoms with Gasteiger partial charge in [0.15, 0.2) is 0 Å². The Morgan fingerprint density at radius 3 is 2.35 bits per heavy atom. The summed E-state index contributed by atoms with van der Waals surface area (Å²) in [6.07, 6.45) is 5.98. The fourth-order valence-electron chi connectivity index (χ4n) is 2.51. The molecule has 5 nitrogen and oxygen atoms in total. The average Bonchev–Trinajstić information content (AvgIpc) is 2.41. The van der Waals surface area contributed by atoms with Crippen LogP contribution in [0.15, 0.2) is 24.3 Å². The number of hydrogen-bond donors (Lipinski definition) is 3. The van der Waals surface area contributed by atoms with E-state index in [1.807, 2.05) is 0 Å². The number of carbonyl (C=O) groups is 2. The van der Waals surface area contributed by atoms with Crippen LogP contribution in [0.5, 0.6) is 0 Å². The standard InChI is InChI=1S/C15H21N3O2/c16-14(19)10-11-6-8-13(9-7-11)18-15(20)17-12-4-2-1-3-5-12/h6-9,12H,1-5,10H2,(H2,16,19)(H2,17,18,20). The summed E-state index contributed by atoms with van der Waals surface area (Å²) >= 11 is 0. The molecule has 1 fully saturated rings. The van der Waals surface area contributed by atoms with Gasteiger partial charge in [-0.3, -0.25) is 4.79 Å². The van der Waals surface area contributed by atoms with Gasteiger partial charge in [-0.25, -0.2) is 4.79 Å². The Kier molecular flexibility index (Phi) is 4.98. The van der Waals surface area contributed by atoms with Gasteiger partial charge in [-0.15, -0.1) is 0 Å². The van der Waals surface area contributed by atoms with Crippen molar-refractivity contribution in [3.05, 3.63) is 29.8 Å². The first-order chi connectivity index (χ1) is 9.63. The highest BCUT2D eigenvalue weighted by atomic mass is 16.2. The third kappa shape index (κ3) is 4.57. The van der Waals surface area contributed by atoms with E-state index in [-0.39, 0.29) is 24.4 Å². The molecule has 3 amide bonds. The Labute approximate surface area is 118 Å². The Morgan fingerprint density at radius 1 is 1.10 bits per heavy atom. The predicted molar refractivity (Wildman–Crippen MR) is 78.4 cm³/mol. The SMILES string of the molecule is NC(=O)Cc1ccc(NC(=O)NC2CCCCC2)cc1. The molecular formula is C15H21N3O2. The van der Waals surface area contributed by atoms with Gasteiger partial charge in [0.05, 0.1) is 6.42 Å². The molecule has 0 unspecified atom stereocenters. The highest BCUT2D eigenvalue weighted by Gasteiger charge is 2.15. The van der Waals surface area contributed by atoms with Crippen LogP contribution >= 0.6 is 0 Å². The van der Waals surface area contributed by atoms with Crippen molar-refractivity contribution >= 4 is 17.6 Å². The molecule has 20 heavy (non-hydrogen) atoms. The van der Waals surface area contributed by atoms with Gasteiger partial charge in [-0.2, -0.15) is 0 Å². The molecule has 0 spiro atoms. The monoisotopic (exact) mass is 275 g/mol. The lowest BCUT2D eigenvalue weighted by Gasteiger charge is -2.22. The second-order valence-corrected chi connectivity index (χ2v) is 5.27. The topological polar surface area (TPSA) is 84.2 Å². The fourth-order valence-corrected chi connectivity index (χ4v) is 2.51. The molecule has 4 N–H and O–H groups in total. The summed E-state index contributed by atoms with van der Waals surface area (Å²) in [5, 5.41) is 5.79. The van der Waals surface area contributed by atoms with Crippen LogP contribution in [-0.2, 0) is 11.2 Å². The molecule has 1 aliphatic carbocycles. The van der Waals surface area contributed by atoms with Crippen molar-refractivity contribution < 1.29 is 9.59 Å². The molecule has 0 saturated heterocycles. The summed E-state index contributed by atoms with van der Waals surface area (Å²) in [5.74, 6) is -0.360. The summed E-state index contributed by atoms with van der Waals surface area (Å²) in [6.45, 7) is 0. The maximum absolute atomic E-state index is 11.8. The van der Waals surface area contributed by atoms with E-state index in [1.54, 1.807) is 24.3 Å². The molecule has 0 atom stereocenters. The number of nitrogens with two attached hydrogens (primary N) is 1. The van der Waals surface area contributed by atoms with Crippen LogP contribution in [0, 0.1) is 0 Å². The Hall–Kier alpha value is -2.04. The van der Waals surface area contributed by atoms with Crippen molar-refractivity contribution in [1.29, 1.82) is 0 Å². The van der Waals surface area contributed by atoms with Crippen molar-refractivity contribution in [1.82, 2.24) is 5.32 Å². The van der Waals surface area contributed by atoms with Crippen LogP contribution < -0.4 is 16.4 Å². The molecule has 0 aliphatic heterocycles. The zero-order valence-electron chi connectivity index (χ0n) is 11.5. The van der Waals surface area contributed by atoms with Gasteiger partial charge < -0.3 is 16.4 Å². The van der Waals surface area contributed by atoms with Crippen LogP contribution in [-0.4, -0.2) is 18.0 Å². The number of nitrogens with one attached hydrogen (secondary N) is 2. The van der Waals surface area contributed by atoms with E-state index < -0.39 is 0 Å². The van der Waals surface area contributed by atoms with Crippen molar-refractivity contribution in [3.8, 4) is 0 Å². The minimum atomic E-state index is -0.360. The second kappa shape index (κ2) is 6.93. The lowest BCUT2D eigenvalue weighted by molar-refractivity contribution is -0.117. The van der Waals surface area contributed by atoms with Gasteiger partial charge in [0.2, 0.25) is 5.91 Å². The molecule has 0 heterocycles. The van der Waals surface area contributed by atoms with Gasteiger partial charge >= 0.3 is 6.03 Å². The average molecular weight is 275 g/mol. The number of hydrogen-bond acceptors (Lipinski definition) is 2. The number of urea groups is 1. The lowest BCUT2D eigenvalue weighted by Crippen LogP contribution is -2.39. The first kappa shape index (κ1) is 14.4. The molecule has 5 heteroatoms. The Morgan fingerprint density at radius 2 is 1.75 bits per heavy atom. The molecule has 1 aromatic carbocycles. The van der Waals surface area contributed by atoms with Gasteiger partial charge in [0.1, 0.15) is 0 Å². The van der Waals surface area contributed by atoms with Gasteiger partial charge in [-0.05, 0) is 30.5 Å². The van der Waals surface area contributed by atoms with Crippen LogP contribution in [0.2, 0.25) is 0 Å². The predicted octanol–water partition coefficient (Wildman–Crippen LogP) is 2.17. The molecule has 0 bridgehead atoms. The fraction of sp³-hybridized carbons (Fsp3) is 0.467. The zero-order valence-corrected chi connectivity index (χ0v) is 11.5. The first-order valence-electron chi connectivity index (χ1n) is 7.08. The molecule has 0 radical (unpaired) electrons. The lowest BCUT2D eigenvalue weighted by atomic mass is 9.96. The number of anilines is 1. The summed E-state index contributed by atoms with van der Waals surface area (Å²) < 4.78 is 0.